The van der Waals surface area contributed by atoms with E-state index in [1.165, 1.54) is 12.8 Å². The average Bonchev–Trinajstić information content (AvgIpc) is 2.29. The molecular formula is C12H20N4O. The Labute approximate surface area is 101 Å². The Morgan fingerprint density at radius 1 is 1.47 bits per heavy atom. The van der Waals surface area contributed by atoms with Crippen LogP contribution in [-0.2, 0) is 0 Å². The molecule has 2 N–H and O–H groups in total. The Balaban J connectivity index is 2.03. The molecule has 0 radical (unpaired) electrons. The number of piperidine rings is 1. The highest BCUT2D eigenvalue weighted by atomic mass is 16.1. The zero-order chi connectivity index (χ0) is 12.3. The minimum atomic E-state index is -0.0790. The second-order valence-electron chi connectivity index (χ2n) is 4.76. The van der Waals surface area contributed by atoms with Gasteiger partial charge in [-0.1, -0.05) is 0 Å². The second kappa shape index (κ2) is 5.31. The Kier molecular flexibility index (Phi) is 3.78. The summed E-state index contributed by atoms with van der Waals surface area (Å²) in [4.78, 5) is 20.5. The molecule has 1 aromatic rings. The lowest BCUT2D eigenvalue weighted by Gasteiger charge is -2.28. The van der Waals surface area contributed by atoms with Crippen molar-refractivity contribution in [1.82, 2.24) is 15.3 Å². The summed E-state index contributed by atoms with van der Waals surface area (Å²) in [5, 5.41) is 3.36. The molecule has 1 saturated heterocycles. The number of H-pyrrole nitrogens is 1. The molecule has 0 unspecified atom stereocenters. The summed E-state index contributed by atoms with van der Waals surface area (Å²) in [6.45, 7) is 4.97. The van der Waals surface area contributed by atoms with Crippen molar-refractivity contribution in [2.45, 2.75) is 19.8 Å². The van der Waals surface area contributed by atoms with Crippen LogP contribution in [0.25, 0.3) is 0 Å². The van der Waals surface area contributed by atoms with Gasteiger partial charge in [-0.05, 0) is 38.8 Å². The highest BCUT2D eigenvalue weighted by Crippen LogP contribution is 2.15. The lowest BCUT2D eigenvalue weighted by atomic mass is 9.98. The predicted octanol–water partition coefficient (Wildman–Crippen LogP) is 0.514. The number of nitrogens with one attached hydrogen (secondary N) is 2. The molecule has 1 fully saturated rings. The van der Waals surface area contributed by atoms with Crippen LogP contribution in [0.4, 0.5) is 5.82 Å². The van der Waals surface area contributed by atoms with Crippen LogP contribution in [0.2, 0.25) is 0 Å². The summed E-state index contributed by atoms with van der Waals surface area (Å²) in [6, 6.07) is 1.56. The van der Waals surface area contributed by atoms with Crippen molar-refractivity contribution in [1.29, 1.82) is 0 Å². The van der Waals surface area contributed by atoms with E-state index >= 15 is 0 Å². The van der Waals surface area contributed by atoms with Crippen molar-refractivity contribution >= 4 is 5.82 Å². The van der Waals surface area contributed by atoms with Gasteiger partial charge in [0.05, 0.1) is 0 Å². The van der Waals surface area contributed by atoms with Gasteiger partial charge in [0.1, 0.15) is 11.6 Å². The monoisotopic (exact) mass is 236 g/mol. The molecule has 1 aliphatic heterocycles. The Hall–Kier alpha value is -1.36. The quantitative estimate of drug-likeness (QED) is 0.803. The topological polar surface area (TPSA) is 61.0 Å². The maximum absolute atomic E-state index is 11.4. The summed E-state index contributed by atoms with van der Waals surface area (Å²) in [7, 11) is 2.00. The van der Waals surface area contributed by atoms with E-state index in [4.69, 9.17) is 0 Å². The van der Waals surface area contributed by atoms with Gasteiger partial charge in [-0.25, -0.2) is 4.98 Å². The highest BCUT2D eigenvalue weighted by molar-refractivity contribution is 5.36. The van der Waals surface area contributed by atoms with Crippen LogP contribution in [0.5, 0.6) is 0 Å². The van der Waals surface area contributed by atoms with Crippen molar-refractivity contribution in [3.05, 3.63) is 22.2 Å². The van der Waals surface area contributed by atoms with Crippen LogP contribution < -0.4 is 15.8 Å². The van der Waals surface area contributed by atoms with E-state index in [1.54, 1.807) is 6.07 Å². The van der Waals surface area contributed by atoms with Crippen LogP contribution in [0, 0.1) is 12.8 Å². The van der Waals surface area contributed by atoms with Crippen LogP contribution in [0.15, 0.2) is 10.9 Å². The van der Waals surface area contributed by atoms with Gasteiger partial charge >= 0.3 is 0 Å². The van der Waals surface area contributed by atoms with Crippen LogP contribution in [0.3, 0.4) is 0 Å². The van der Waals surface area contributed by atoms with E-state index in [2.05, 4.69) is 20.2 Å². The molecule has 0 amide bonds. The Morgan fingerprint density at radius 2 is 2.18 bits per heavy atom. The zero-order valence-electron chi connectivity index (χ0n) is 10.5. The van der Waals surface area contributed by atoms with Gasteiger partial charge in [0.15, 0.2) is 0 Å². The van der Waals surface area contributed by atoms with Crippen LogP contribution >= 0.6 is 0 Å². The van der Waals surface area contributed by atoms with Gasteiger partial charge in [-0.2, -0.15) is 0 Å². The van der Waals surface area contributed by atoms with E-state index < -0.39 is 0 Å². The van der Waals surface area contributed by atoms with Gasteiger partial charge in [-0.3, -0.25) is 4.79 Å². The predicted molar refractivity (Wildman–Crippen MR) is 68.5 cm³/mol. The van der Waals surface area contributed by atoms with Gasteiger partial charge in [0, 0.05) is 19.7 Å². The molecule has 17 heavy (non-hydrogen) atoms. The molecule has 2 rings (SSSR count). The van der Waals surface area contributed by atoms with Crippen molar-refractivity contribution in [3.8, 4) is 0 Å². The number of hydrogen-bond donors (Lipinski definition) is 2. The first kappa shape index (κ1) is 12.1. The first-order valence-corrected chi connectivity index (χ1v) is 6.15. The molecule has 2 heterocycles. The number of nitrogens with zero attached hydrogens (tertiary/aromatic N) is 2. The number of hydrogen-bond acceptors (Lipinski definition) is 4. The van der Waals surface area contributed by atoms with Crippen LogP contribution in [-0.4, -0.2) is 36.6 Å². The van der Waals surface area contributed by atoms with Gasteiger partial charge < -0.3 is 15.2 Å². The minimum absolute atomic E-state index is 0.0790. The summed E-state index contributed by atoms with van der Waals surface area (Å²) in [5.41, 5.74) is -0.0790. The van der Waals surface area contributed by atoms with Gasteiger partial charge in [0.2, 0.25) is 0 Å². The average molecular weight is 236 g/mol. The molecule has 0 aliphatic carbocycles. The van der Waals surface area contributed by atoms with Crippen molar-refractivity contribution in [2.75, 3.05) is 31.6 Å². The van der Waals surface area contributed by atoms with Crippen molar-refractivity contribution in [3.63, 3.8) is 0 Å². The van der Waals surface area contributed by atoms with Crippen LogP contribution in [0.1, 0.15) is 18.7 Å². The summed E-state index contributed by atoms with van der Waals surface area (Å²) < 4.78 is 0. The molecule has 5 heteroatoms. The Bertz CT molecular complexity index is 423. The van der Waals surface area contributed by atoms with E-state index in [9.17, 15) is 4.79 Å². The third kappa shape index (κ3) is 3.30. The molecular weight excluding hydrogens is 216 g/mol. The van der Waals surface area contributed by atoms with E-state index in [-0.39, 0.29) is 5.56 Å². The number of aromatic nitrogens is 2. The molecule has 1 aromatic heterocycles. The molecule has 5 nitrogen and oxygen atoms in total. The lowest BCUT2D eigenvalue weighted by Crippen LogP contribution is -2.35. The SMILES string of the molecule is Cc1nc(N(C)CC2CCNCC2)cc(=O)[nH]1. The third-order valence-corrected chi connectivity index (χ3v) is 3.23. The molecule has 0 saturated carbocycles. The van der Waals surface area contributed by atoms with Crippen molar-refractivity contribution < 1.29 is 0 Å². The summed E-state index contributed by atoms with van der Waals surface area (Å²) in [6.07, 6.45) is 2.40. The highest BCUT2D eigenvalue weighted by Gasteiger charge is 2.16. The van der Waals surface area contributed by atoms with Gasteiger partial charge in [-0.15, -0.1) is 0 Å². The van der Waals surface area contributed by atoms with E-state index in [0.717, 1.165) is 25.5 Å². The Morgan fingerprint density at radius 3 is 2.82 bits per heavy atom. The third-order valence-electron chi connectivity index (χ3n) is 3.23. The van der Waals surface area contributed by atoms with E-state index in [1.807, 2.05) is 14.0 Å². The maximum atomic E-state index is 11.4. The minimum Gasteiger partial charge on any atom is -0.359 e. The molecule has 94 valence electrons. The fourth-order valence-corrected chi connectivity index (χ4v) is 2.30. The van der Waals surface area contributed by atoms with Crippen molar-refractivity contribution in [2.24, 2.45) is 5.92 Å². The number of anilines is 1. The number of aryl methyl sites for hydroxylation is 1. The first-order valence-electron chi connectivity index (χ1n) is 6.15. The first-order chi connectivity index (χ1) is 8.15. The standard InChI is InChI=1S/C12H20N4O/c1-9-14-11(7-12(17)15-9)16(2)8-10-3-5-13-6-4-10/h7,10,13H,3-6,8H2,1-2H3,(H,14,15,17). The zero-order valence-corrected chi connectivity index (χ0v) is 10.5. The summed E-state index contributed by atoms with van der Waals surface area (Å²) >= 11 is 0. The fourth-order valence-electron chi connectivity index (χ4n) is 2.30. The number of aromatic amines is 1. The molecule has 0 spiro atoms. The van der Waals surface area contributed by atoms with E-state index in [0.29, 0.717) is 11.7 Å². The normalized spacial score (nSPS) is 17.1. The summed E-state index contributed by atoms with van der Waals surface area (Å²) in [5.74, 6) is 2.14. The van der Waals surface area contributed by atoms with Gasteiger partial charge in [0.25, 0.3) is 5.56 Å². The molecule has 0 aromatic carbocycles. The molecule has 1 aliphatic rings. The fraction of sp³-hybridized carbons (Fsp3) is 0.667. The maximum Gasteiger partial charge on any atom is 0.252 e. The smallest absolute Gasteiger partial charge is 0.252 e. The largest absolute Gasteiger partial charge is 0.359 e. The number of rotatable bonds is 3. The second-order valence-corrected chi connectivity index (χ2v) is 4.76. The lowest BCUT2D eigenvalue weighted by molar-refractivity contribution is 0.377. The molecule has 0 bridgehead atoms. The molecule has 0 atom stereocenters.